The van der Waals surface area contributed by atoms with Crippen molar-refractivity contribution in [2.24, 2.45) is 5.92 Å². The minimum absolute atomic E-state index is 0.699. The van der Waals surface area contributed by atoms with E-state index in [1.54, 1.807) is 7.11 Å². The topological polar surface area (TPSA) is 21.3 Å². The van der Waals surface area contributed by atoms with Crippen molar-refractivity contribution in [1.29, 1.82) is 0 Å². The van der Waals surface area contributed by atoms with Crippen molar-refractivity contribution >= 4 is 0 Å². The van der Waals surface area contributed by atoms with Crippen LogP contribution in [-0.4, -0.2) is 26.8 Å². The lowest BCUT2D eigenvalue weighted by atomic mass is 10.0. The van der Waals surface area contributed by atoms with Crippen LogP contribution in [0.3, 0.4) is 0 Å². The molecule has 1 N–H and O–H groups in total. The zero-order valence-corrected chi connectivity index (χ0v) is 7.61. The minimum Gasteiger partial charge on any atom is -0.380 e. The standard InChI is InChI=1S/C9H17NO/c1-7-4-10-5-9(7)8(2)6-11-3/h7,10H,4-6H2,1-3H3/b9-8+. The molecule has 0 aromatic heterocycles. The Kier molecular flexibility index (Phi) is 3.09. The van der Waals surface area contributed by atoms with Gasteiger partial charge in [-0.15, -0.1) is 0 Å². The summed E-state index contributed by atoms with van der Waals surface area (Å²) in [4.78, 5) is 0. The predicted molar refractivity (Wildman–Crippen MR) is 46.6 cm³/mol. The van der Waals surface area contributed by atoms with E-state index in [2.05, 4.69) is 19.2 Å². The molecular weight excluding hydrogens is 138 g/mol. The Hall–Kier alpha value is -0.340. The molecule has 1 aliphatic heterocycles. The summed E-state index contributed by atoms with van der Waals surface area (Å²) in [5.41, 5.74) is 2.93. The summed E-state index contributed by atoms with van der Waals surface area (Å²) in [7, 11) is 1.75. The average molecular weight is 155 g/mol. The third-order valence-corrected chi connectivity index (χ3v) is 2.27. The first kappa shape index (κ1) is 8.75. The molecule has 0 radical (unpaired) electrons. The molecular formula is C9H17NO. The highest BCUT2D eigenvalue weighted by Gasteiger charge is 2.17. The summed E-state index contributed by atoms with van der Waals surface area (Å²) in [6.45, 7) is 7.37. The molecule has 1 fully saturated rings. The second kappa shape index (κ2) is 3.88. The molecule has 1 saturated heterocycles. The van der Waals surface area contributed by atoms with E-state index in [4.69, 9.17) is 4.74 Å². The van der Waals surface area contributed by atoms with E-state index in [1.165, 1.54) is 11.1 Å². The first-order chi connectivity index (χ1) is 5.25. The van der Waals surface area contributed by atoms with Gasteiger partial charge in [-0.1, -0.05) is 12.5 Å². The summed E-state index contributed by atoms with van der Waals surface area (Å²) in [5.74, 6) is 0.699. The lowest BCUT2D eigenvalue weighted by molar-refractivity contribution is 0.224. The summed E-state index contributed by atoms with van der Waals surface area (Å²) in [5, 5.41) is 3.35. The van der Waals surface area contributed by atoms with Crippen molar-refractivity contribution < 1.29 is 4.74 Å². The second-order valence-electron chi connectivity index (χ2n) is 3.27. The van der Waals surface area contributed by atoms with Gasteiger partial charge in [0.15, 0.2) is 0 Å². The van der Waals surface area contributed by atoms with Crippen LogP contribution >= 0.6 is 0 Å². The first-order valence-electron chi connectivity index (χ1n) is 4.14. The highest BCUT2D eigenvalue weighted by atomic mass is 16.5. The van der Waals surface area contributed by atoms with Gasteiger partial charge >= 0.3 is 0 Å². The maximum absolute atomic E-state index is 5.08. The Bertz CT molecular complexity index is 163. The smallest absolute Gasteiger partial charge is 0.0673 e. The van der Waals surface area contributed by atoms with E-state index in [1.807, 2.05) is 0 Å². The molecule has 1 unspecified atom stereocenters. The highest BCUT2D eigenvalue weighted by molar-refractivity contribution is 5.20. The highest BCUT2D eigenvalue weighted by Crippen LogP contribution is 2.18. The van der Waals surface area contributed by atoms with Crippen LogP contribution in [0, 0.1) is 5.92 Å². The zero-order chi connectivity index (χ0) is 8.27. The molecule has 0 spiro atoms. The van der Waals surface area contributed by atoms with Gasteiger partial charge in [0.1, 0.15) is 0 Å². The number of nitrogens with one attached hydrogen (secondary N) is 1. The molecule has 1 atom stereocenters. The molecule has 11 heavy (non-hydrogen) atoms. The fourth-order valence-corrected chi connectivity index (χ4v) is 1.60. The van der Waals surface area contributed by atoms with Gasteiger partial charge in [-0.05, 0) is 18.4 Å². The zero-order valence-electron chi connectivity index (χ0n) is 7.61. The van der Waals surface area contributed by atoms with Crippen molar-refractivity contribution in [3.8, 4) is 0 Å². The van der Waals surface area contributed by atoms with Crippen molar-refractivity contribution in [1.82, 2.24) is 5.32 Å². The first-order valence-corrected chi connectivity index (χ1v) is 4.14. The summed E-state index contributed by atoms with van der Waals surface area (Å²) < 4.78 is 5.08. The summed E-state index contributed by atoms with van der Waals surface area (Å²) in [6, 6.07) is 0. The predicted octanol–water partition coefficient (Wildman–Crippen LogP) is 1.19. The van der Waals surface area contributed by atoms with Crippen LogP contribution < -0.4 is 5.32 Å². The molecule has 0 saturated carbocycles. The maximum atomic E-state index is 5.08. The molecule has 1 rings (SSSR count). The number of rotatable bonds is 2. The van der Waals surface area contributed by atoms with E-state index in [9.17, 15) is 0 Å². The Morgan fingerprint density at radius 2 is 2.45 bits per heavy atom. The average Bonchev–Trinajstić information content (AvgIpc) is 2.36. The molecule has 64 valence electrons. The second-order valence-corrected chi connectivity index (χ2v) is 3.27. The molecule has 0 amide bonds. The number of ether oxygens (including phenoxy) is 1. The molecule has 2 heteroatoms. The van der Waals surface area contributed by atoms with Crippen molar-refractivity contribution in [3.63, 3.8) is 0 Å². The van der Waals surface area contributed by atoms with E-state index < -0.39 is 0 Å². The number of methoxy groups -OCH3 is 1. The third-order valence-electron chi connectivity index (χ3n) is 2.27. The molecule has 2 nitrogen and oxygen atoms in total. The van der Waals surface area contributed by atoms with E-state index >= 15 is 0 Å². The lowest BCUT2D eigenvalue weighted by Crippen LogP contribution is -2.06. The molecule has 0 aromatic rings. The Balaban J connectivity index is 2.60. The molecule has 0 aromatic carbocycles. The van der Waals surface area contributed by atoms with Crippen LogP contribution in [0.25, 0.3) is 0 Å². The quantitative estimate of drug-likeness (QED) is 0.605. The van der Waals surface area contributed by atoms with E-state index in [-0.39, 0.29) is 0 Å². The third kappa shape index (κ3) is 2.04. The van der Waals surface area contributed by atoms with Crippen molar-refractivity contribution in [3.05, 3.63) is 11.1 Å². The van der Waals surface area contributed by atoms with E-state index in [0.717, 1.165) is 19.7 Å². The van der Waals surface area contributed by atoms with Crippen LogP contribution in [0.2, 0.25) is 0 Å². The van der Waals surface area contributed by atoms with Gasteiger partial charge in [0, 0.05) is 20.2 Å². The number of hydrogen-bond acceptors (Lipinski definition) is 2. The maximum Gasteiger partial charge on any atom is 0.0673 e. The summed E-state index contributed by atoms with van der Waals surface area (Å²) in [6.07, 6.45) is 0. The number of hydrogen-bond donors (Lipinski definition) is 1. The fraction of sp³-hybridized carbons (Fsp3) is 0.778. The molecule has 1 aliphatic rings. The molecule has 0 aliphatic carbocycles. The monoisotopic (exact) mass is 155 g/mol. The van der Waals surface area contributed by atoms with Gasteiger partial charge in [0.2, 0.25) is 0 Å². The minimum atomic E-state index is 0.699. The normalized spacial score (nSPS) is 29.2. The van der Waals surface area contributed by atoms with Crippen LogP contribution in [0.5, 0.6) is 0 Å². The van der Waals surface area contributed by atoms with Crippen LogP contribution in [0.1, 0.15) is 13.8 Å². The summed E-state index contributed by atoms with van der Waals surface area (Å²) >= 11 is 0. The van der Waals surface area contributed by atoms with Crippen LogP contribution in [0.15, 0.2) is 11.1 Å². The Morgan fingerprint density at radius 3 is 2.91 bits per heavy atom. The fourth-order valence-electron chi connectivity index (χ4n) is 1.60. The van der Waals surface area contributed by atoms with Gasteiger partial charge in [-0.25, -0.2) is 0 Å². The lowest BCUT2D eigenvalue weighted by Gasteiger charge is -2.08. The SMILES string of the molecule is COC/C(C)=C1\CNCC1C. The largest absolute Gasteiger partial charge is 0.380 e. The van der Waals surface area contributed by atoms with Crippen molar-refractivity contribution in [2.75, 3.05) is 26.8 Å². The van der Waals surface area contributed by atoms with Gasteiger partial charge in [0.25, 0.3) is 0 Å². The van der Waals surface area contributed by atoms with Gasteiger partial charge in [-0.3, -0.25) is 0 Å². The van der Waals surface area contributed by atoms with Crippen LogP contribution in [-0.2, 0) is 4.74 Å². The molecule has 1 heterocycles. The van der Waals surface area contributed by atoms with Gasteiger partial charge in [-0.2, -0.15) is 0 Å². The van der Waals surface area contributed by atoms with E-state index in [0.29, 0.717) is 5.92 Å². The Morgan fingerprint density at radius 1 is 1.73 bits per heavy atom. The van der Waals surface area contributed by atoms with Gasteiger partial charge in [0.05, 0.1) is 6.61 Å². The Labute approximate surface area is 68.6 Å². The van der Waals surface area contributed by atoms with Crippen LogP contribution in [0.4, 0.5) is 0 Å². The molecule has 0 bridgehead atoms. The van der Waals surface area contributed by atoms with Gasteiger partial charge < -0.3 is 10.1 Å². The van der Waals surface area contributed by atoms with Crippen molar-refractivity contribution in [2.45, 2.75) is 13.8 Å².